The fourth-order valence-corrected chi connectivity index (χ4v) is 3.64. The van der Waals surface area contributed by atoms with Gasteiger partial charge in [-0.05, 0) is 39.0 Å². The van der Waals surface area contributed by atoms with E-state index in [9.17, 15) is 13.5 Å². The molecule has 0 bridgehead atoms. The van der Waals surface area contributed by atoms with Gasteiger partial charge in [0.25, 0.3) is 0 Å². The van der Waals surface area contributed by atoms with Crippen LogP contribution < -0.4 is 0 Å². The maximum atomic E-state index is 11.1. The second-order valence-electron chi connectivity index (χ2n) is 5.91. The fraction of sp³-hybridized carbons (Fsp3) is 1.00. The maximum Gasteiger partial charge on any atom is 0.147 e. The smallest absolute Gasteiger partial charge is 0.147 e. The average molecular weight is 261 g/mol. The van der Waals surface area contributed by atoms with Crippen molar-refractivity contribution < 1.29 is 13.5 Å². The van der Waals surface area contributed by atoms with Crippen LogP contribution in [0.15, 0.2) is 0 Å². The van der Waals surface area contributed by atoms with Gasteiger partial charge < -0.3 is 5.11 Å². The van der Waals surface area contributed by atoms with Crippen LogP contribution in [0.5, 0.6) is 0 Å². The average Bonchev–Trinajstić information content (AvgIpc) is 2.91. The summed E-state index contributed by atoms with van der Waals surface area (Å²) in [6.07, 6.45) is 5.72. The Labute approximate surface area is 104 Å². The zero-order valence-corrected chi connectivity index (χ0v) is 11.5. The number of hydrogen-bond acceptors (Lipinski definition) is 4. The summed E-state index contributed by atoms with van der Waals surface area (Å²) in [5, 5.41) is 10.5. The predicted octanol–water partition coefficient (Wildman–Crippen LogP) is 0.799. The highest BCUT2D eigenvalue weighted by atomic mass is 32.2. The molecule has 0 aromatic heterocycles. The molecule has 4 nitrogen and oxygen atoms in total. The lowest BCUT2D eigenvalue weighted by atomic mass is 9.95. The monoisotopic (exact) mass is 261 g/mol. The number of β-amino-alcohol motifs (C(OH)–C–C–N with tert-alkyl or cyclic N) is 1. The molecule has 1 aliphatic heterocycles. The number of aliphatic hydroxyl groups is 1. The zero-order valence-electron chi connectivity index (χ0n) is 10.7. The Morgan fingerprint density at radius 2 is 2.06 bits per heavy atom. The standard InChI is InChI=1S/C12H23NO3S/c1-10-8-12(14,6-3-7-17(2,15)16)9-13(10)11-4-5-11/h10-11,14H,3-9H2,1-2H3. The van der Waals surface area contributed by atoms with Crippen molar-refractivity contribution in [2.45, 2.75) is 56.7 Å². The highest BCUT2D eigenvalue weighted by Crippen LogP contribution is 2.38. The van der Waals surface area contributed by atoms with E-state index in [1.165, 1.54) is 19.1 Å². The molecular weight excluding hydrogens is 238 g/mol. The lowest BCUT2D eigenvalue weighted by molar-refractivity contribution is 0.0392. The van der Waals surface area contributed by atoms with Crippen LogP contribution in [-0.4, -0.2) is 54.7 Å². The van der Waals surface area contributed by atoms with Gasteiger partial charge in [-0.2, -0.15) is 0 Å². The number of nitrogens with zero attached hydrogens (tertiary/aromatic N) is 1. The summed E-state index contributed by atoms with van der Waals surface area (Å²) in [7, 11) is -2.90. The fourth-order valence-electron chi connectivity index (χ4n) is 2.97. The molecule has 1 N–H and O–H groups in total. The molecule has 0 spiro atoms. The van der Waals surface area contributed by atoms with Crippen molar-refractivity contribution in [1.82, 2.24) is 4.90 Å². The molecule has 1 aliphatic carbocycles. The van der Waals surface area contributed by atoms with Crippen molar-refractivity contribution in [2.24, 2.45) is 0 Å². The van der Waals surface area contributed by atoms with Crippen LogP contribution in [0, 0.1) is 0 Å². The first kappa shape index (κ1) is 13.3. The normalized spacial score (nSPS) is 35.4. The minimum absolute atomic E-state index is 0.188. The van der Waals surface area contributed by atoms with Crippen molar-refractivity contribution in [3.63, 3.8) is 0 Å². The van der Waals surface area contributed by atoms with E-state index in [4.69, 9.17) is 0 Å². The van der Waals surface area contributed by atoms with E-state index in [2.05, 4.69) is 11.8 Å². The molecule has 0 aromatic carbocycles. The largest absolute Gasteiger partial charge is 0.388 e. The summed E-state index contributed by atoms with van der Waals surface area (Å²) in [5.74, 6) is 0.188. The zero-order chi connectivity index (χ0) is 12.7. The van der Waals surface area contributed by atoms with E-state index in [1.54, 1.807) is 0 Å². The first-order chi connectivity index (χ1) is 7.79. The van der Waals surface area contributed by atoms with Crippen LogP contribution in [0.2, 0.25) is 0 Å². The lowest BCUT2D eigenvalue weighted by Gasteiger charge is -2.23. The molecule has 2 atom stereocenters. The molecule has 17 heavy (non-hydrogen) atoms. The van der Waals surface area contributed by atoms with Gasteiger partial charge >= 0.3 is 0 Å². The van der Waals surface area contributed by atoms with Crippen LogP contribution >= 0.6 is 0 Å². The minimum atomic E-state index is -2.90. The number of hydrogen-bond donors (Lipinski definition) is 1. The van der Waals surface area contributed by atoms with Gasteiger partial charge in [-0.25, -0.2) is 8.42 Å². The molecule has 0 amide bonds. The van der Waals surface area contributed by atoms with Crippen LogP contribution in [0.4, 0.5) is 0 Å². The third kappa shape index (κ3) is 3.66. The Balaban J connectivity index is 1.83. The van der Waals surface area contributed by atoms with Gasteiger partial charge in [-0.1, -0.05) is 0 Å². The topological polar surface area (TPSA) is 57.6 Å². The quantitative estimate of drug-likeness (QED) is 0.795. The van der Waals surface area contributed by atoms with Gasteiger partial charge in [-0.15, -0.1) is 0 Å². The van der Waals surface area contributed by atoms with Gasteiger partial charge in [0.2, 0.25) is 0 Å². The van der Waals surface area contributed by atoms with E-state index < -0.39 is 15.4 Å². The van der Waals surface area contributed by atoms with Gasteiger partial charge in [0, 0.05) is 30.6 Å². The lowest BCUT2D eigenvalue weighted by Crippen LogP contribution is -2.35. The number of likely N-dealkylation sites (tertiary alicyclic amines) is 1. The van der Waals surface area contributed by atoms with E-state index in [0.717, 1.165) is 13.0 Å². The highest BCUT2D eigenvalue weighted by Gasteiger charge is 2.45. The third-order valence-electron chi connectivity index (χ3n) is 3.89. The van der Waals surface area contributed by atoms with E-state index in [-0.39, 0.29) is 5.75 Å². The summed E-state index contributed by atoms with van der Waals surface area (Å²) >= 11 is 0. The first-order valence-corrected chi connectivity index (χ1v) is 8.51. The molecule has 0 aromatic rings. The number of sulfone groups is 1. The van der Waals surface area contributed by atoms with E-state index in [0.29, 0.717) is 24.9 Å². The van der Waals surface area contributed by atoms with Crippen LogP contribution in [-0.2, 0) is 9.84 Å². The van der Waals surface area contributed by atoms with Gasteiger partial charge in [0.05, 0.1) is 5.60 Å². The summed E-state index contributed by atoms with van der Waals surface area (Å²) < 4.78 is 22.1. The molecule has 2 fully saturated rings. The summed E-state index contributed by atoms with van der Waals surface area (Å²) in [6.45, 7) is 2.88. The molecule has 1 heterocycles. The van der Waals surface area contributed by atoms with Crippen molar-refractivity contribution >= 4 is 9.84 Å². The molecule has 2 unspecified atom stereocenters. The minimum Gasteiger partial charge on any atom is -0.388 e. The Bertz CT molecular complexity index is 377. The second-order valence-corrected chi connectivity index (χ2v) is 8.17. The van der Waals surface area contributed by atoms with Crippen molar-refractivity contribution in [1.29, 1.82) is 0 Å². The van der Waals surface area contributed by atoms with E-state index >= 15 is 0 Å². The summed E-state index contributed by atoms with van der Waals surface area (Å²) in [4.78, 5) is 2.39. The van der Waals surface area contributed by atoms with Gasteiger partial charge in [0.1, 0.15) is 9.84 Å². The predicted molar refractivity (Wildman–Crippen MR) is 67.7 cm³/mol. The van der Waals surface area contributed by atoms with Crippen molar-refractivity contribution in [3.8, 4) is 0 Å². The molecule has 100 valence electrons. The molecule has 5 heteroatoms. The SMILES string of the molecule is CC1CC(O)(CCCS(C)(=O)=O)CN1C1CC1. The van der Waals surface area contributed by atoms with Crippen molar-refractivity contribution in [3.05, 3.63) is 0 Å². The summed E-state index contributed by atoms with van der Waals surface area (Å²) in [6, 6.07) is 1.11. The van der Waals surface area contributed by atoms with Crippen LogP contribution in [0.1, 0.15) is 39.0 Å². The van der Waals surface area contributed by atoms with Gasteiger partial charge in [0.15, 0.2) is 0 Å². The first-order valence-electron chi connectivity index (χ1n) is 6.45. The van der Waals surface area contributed by atoms with E-state index in [1.807, 2.05) is 0 Å². The Morgan fingerprint density at radius 1 is 1.41 bits per heavy atom. The summed E-state index contributed by atoms with van der Waals surface area (Å²) in [5.41, 5.74) is -0.660. The van der Waals surface area contributed by atoms with Crippen LogP contribution in [0.25, 0.3) is 0 Å². The van der Waals surface area contributed by atoms with Crippen LogP contribution in [0.3, 0.4) is 0 Å². The Morgan fingerprint density at radius 3 is 2.59 bits per heavy atom. The third-order valence-corrected chi connectivity index (χ3v) is 4.92. The Hall–Kier alpha value is -0.130. The molecule has 2 rings (SSSR count). The van der Waals surface area contributed by atoms with Crippen molar-refractivity contribution in [2.75, 3.05) is 18.6 Å². The Kier molecular flexibility index (Phi) is 3.54. The molecule has 1 saturated heterocycles. The molecular formula is C12H23NO3S. The second kappa shape index (κ2) is 4.52. The molecule has 1 saturated carbocycles. The maximum absolute atomic E-state index is 11.1. The highest BCUT2D eigenvalue weighted by molar-refractivity contribution is 7.90. The molecule has 2 aliphatic rings. The molecule has 0 radical (unpaired) electrons. The number of rotatable bonds is 5. The van der Waals surface area contributed by atoms with Gasteiger partial charge in [-0.3, -0.25) is 4.90 Å².